The Hall–Kier alpha value is -1.69. The fraction of sp³-hybridized carbons (Fsp3) is 0.500. The second kappa shape index (κ2) is 6.02. The molecule has 0 unspecified atom stereocenters. The van der Waals surface area contributed by atoms with E-state index in [2.05, 4.69) is 27.3 Å². The van der Waals surface area contributed by atoms with Gasteiger partial charge in [-0.25, -0.2) is 4.79 Å². The first-order valence-corrected chi connectivity index (χ1v) is 5.12. The Bertz CT molecular complexity index is 356. The van der Waals surface area contributed by atoms with Gasteiger partial charge < -0.3 is 15.3 Å². The van der Waals surface area contributed by atoms with Crippen LogP contribution in [-0.4, -0.2) is 52.9 Å². The van der Waals surface area contributed by atoms with Gasteiger partial charge in [-0.05, 0) is 19.7 Å². The Labute approximate surface area is 94.3 Å². The quantitative estimate of drug-likeness (QED) is 0.734. The lowest BCUT2D eigenvalue weighted by atomic mass is 10.3. The van der Waals surface area contributed by atoms with Gasteiger partial charge in [0.2, 0.25) is 0 Å². The summed E-state index contributed by atoms with van der Waals surface area (Å²) in [6.45, 7) is 4.48. The number of hydrogen-bond acceptors (Lipinski definition) is 5. The highest BCUT2D eigenvalue weighted by molar-refractivity contribution is 5.92. The molecule has 0 aromatic carbocycles. The summed E-state index contributed by atoms with van der Waals surface area (Å²) in [5.41, 5.74) is 0.147. The predicted molar refractivity (Wildman–Crippen MR) is 60.7 cm³/mol. The molecule has 0 saturated heterocycles. The summed E-state index contributed by atoms with van der Waals surface area (Å²) in [7, 11) is 2.00. The van der Waals surface area contributed by atoms with E-state index in [-0.39, 0.29) is 5.56 Å². The normalized spacial score (nSPS) is 10.4. The van der Waals surface area contributed by atoms with Gasteiger partial charge in [-0.1, -0.05) is 6.92 Å². The summed E-state index contributed by atoms with van der Waals surface area (Å²) in [5, 5.41) is 19.3. The van der Waals surface area contributed by atoms with E-state index < -0.39 is 5.97 Å². The number of aromatic nitrogens is 2. The second-order valence-corrected chi connectivity index (χ2v) is 3.42. The van der Waals surface area contributed by atoms with Crippen molar-refractivity contribution in [3.8, 4) is 0 Å². The fourth-order valence-electron chi connectivity index (χ4n) is 1.16. The van der Waals surface area contributed by atoms with E-state index in [9.17, 15) is 4.79 Å². The summed E-state index contributed by atoms with van der Waals surface area (Å²) < 4.78 is 0. The van der Waals surface area contributed by atoms with Gasteiger partial charge in [0.1, 0.15) is 5.56 Å². The molecule has 6 nitrogen and oxygen atoms in total. The largest absolute Gasteiger partial charge is 0.478 e. The lowest BCUT2D eigenvalue weighted by molar-refractivity contribution is 0.0697. The first kappa shape index (κ1) is 12.4. The average Bonchev–Trinajstić information content (AvgIpc) is 2.29. The van der Waals surface area contributed by atoms with Crippen LogP contribution in [0.4, 0.5) is 5.82 Å². The number of nitrogens with one attached hydrogen (secondary N) is 1. The molecular formula is C10H16N4O2. The maximum absolute atomic E-state index is 10.9. The molecule has 16 heavy (non-hydrogen) atoms. The molecule has 2 N–H and O–H groups in total. The van der Waals surface area contributed by atoms with Crippen LogP contribution in [0.1, 0.15) is 17.3 Å². The highest BCUT2D eigenvalue weighted by Crippen LogP contribution is 2.09. The molecule has 0 aliphatic heterocycles. The zero-order chi connectivity index (χ0) is 12.0. The third-order valence-electron chi connectivity index (χ3n) is 2.28. The van der Waals surface area contributed by atoms with Crippen LogP contribution in [0.5, 0.6) is 0 Å². The zero-order valence-electron chi connectivity index (χ0n) is 9.47. The van der Waals surface area contributed by atoms with Gasteiger partial charge in [0.15, 0.2) is 5.82 Å². The van der Waals surface area contributed by atoms with Gasteiger partial charge in [0.25, 0.3) is 0 Å². The second-order valence-electron chi connectivity index (χ2n) is 3.42. The minimum Gasteiger partial charge on any atom is -0.478 e. The fourth-order valence-corrected chi connectivity index (χ4v) is 1.16. The van der Waals surface area contributed by atoms with Gasteiger partial charge in [0, 0.05) is 13.1 Å². The number of nitrogens with zero attached hydrogens (tertiary/aromatic N) is 3. The Morgan fingerprint density at radius 3 is 3.00 bits per heavy atom. The van der Waals surface area contributed by atoms with Crippen LogP contribution in [0.25, 0.3) is 0 Å². The number of carbonyl (C=O) groups is 1. The van der Waals surface area contributed by atoms with Crippen LogP contribution in [0.2, 0.25) is 0 Å². The van der Waals surface area contributed by atoms with E-state index in [0.717, 1.165) is 13.1 Å². The average molecular weight is 224 g/mol. The monoisotopic (exact) mass is 224 g/mol. The van der Waals surface area contributed by atoms with Crippen LogP contribution in [0, 0.1) is 0 Å². The molecule has 1 heterocycles. The van der Waals surface area contributed by atoms with Crippen LogP contribution < -0.4 is 5.32 Å². The van der Waals surface area contributed by atoms with Crippen molar-refractivity contribution in [2.24, 2.45) is 0 Å². The van der Waals surface area contributed by atoms with E-state index in [0.29, 0.717) is 12.4 Å². The number of carboxylic acid groups (broad SMARTS) is 1. The minimum absolute atomic E-state index is 0.147. The van der Waals surface area contributed by atoms with Gasteiger partial charge in [0.05, 0.1) is 6.20 Å². The highest BCUT2D eigenvalue weighted by atomic mass is 16.4. The Balaban J connectivity index is 2.56. The minimum atomic E-state index is -0.999. The number of anilines is 1. The van der Waals surface area contributed by atoms with Gasteiger partial charge in [-0.2, -0.15) is 5.10 Å². The van der Waals surface area contributed by atoms with Crippen molar-refractivity contribution in [3.63, 3.8) is 0 Å². The molecule has 0 amide bonds. The molecular weight excluding hydrogens is 208 g/mol. The van der Waals surface area contributed by atoms with Crippen molar-refractivity contribution in [1.29, 1.82) is 0 Å². The molecule has 0 fully saturated rings. The maximum atomic E-state index is 10.9. The lowest BCUT2D eigenvalue weighted by Gasteiger charge is -2.14. The Kier molecular flexibility index (Phi) is 4.65. The summed E-state index contributed by atoms with van der Waals surface area (Å²) >= 11 is 0. The summed E-state index contributed by atoms with van der Waals surface area (Å²) in [6, 6.07) is 1.43. The molecule has 1 aromatic heterocycles. The van der Waals surface area contributed by atoms with Gasteiger partial charge >= 0.3 is 5.97 Å². The van der Waals surface area contributed by atoms with Crippen molar-refractivity contribution in [2.45, 2.75) is 6.92 Å². The third-order valence-corrected chi connectivity index (χ3v) is 2.28. The number of hydrogen-bond donors (Lipinski definition) is 2. The molecule has 0 bridgehead atoms. The summed E-state index contributed by atoms with van der Waals surface area (Å²) in [6.07, 6.45) is 1.37. The molecule has 0 atom stereocenters. The van der Waals surface area contributed by atoms with E-state index in [1.54, 1.807) is 0 Å². The van der Waals surface area contributed by atoms with Crippen molar-refractivity contribution in [1.82, 2.24) is 15.1 Å². The molecule has 0 saturated carbocycles. The van der Waals surface area contributed by atoms with Crippen LogP contribution >= 0.6 is 0 Å². The standard InChI is InChI=1S/C10H16N4O2/c1-3-14(2)7-6-11-9-8(10(15)16)4-5-12-13-9/h4-5H,3,6-7H2,1-2H3,(H,11,13)(H,15,16). The SMILES string of the molecule is CCN(C)CCNc1nnccc1C(=O)O. The Morgan fingerprint density at radius 1 is 1.62 bits per heavy atom. The van der Waals surface area contributed by atoms with Gasteiger partial charge in [-0.15, -0.1) is 5.10 Å². The molecule has 0 radical (unpaired) electrons. The smallest absolute Gasteiger partial charge is 0.339 e. The lowest BCUT2D eigenvalue weighted by Crippen LogP contribution is -2.25. The summed E-state index contributed by atoms with van der Waals surface area (Å²) in [4.78, 5) is 13.0. The van der Waals surface area contributed by atoms with Crippen LogP contribution in [0.15, 0.2) is 12.3 Å². The summed E-state index contributed by atoms with van der Waals surface area (Å²) in [5.74, 6) is -0.680. The molecule has 0 aliphatic carbocycles. The molecule has 1 aromatic rings. The van der Waals surface area contributed by atoms with E-state index in [1.165, 1.54) is 12.3 Å². The van der Waals surface area contributed by atoms with Crippen molar-refractivity contribution in [3.05, 3.63) is 17.8 Å². The molecule has 1 rings (SSSR count). The first-order valence-electron chi connectivity index (χ1n) is 5.12. The van der Waals surface area contributed by atoms with Crippen LogP contribution in [0.3, 0.4) is 0 Å². The number of likely N-dealkylation sites (N-methyl/N-ethyl adjacent to an activating group) is 1. The number of carboxylic acids is 1. The zero-order valence-corrected chi connectivity index (χ0v) is 9.47. The van der Waals surface area contributed by atoms with E-state index in [4.69, 9.17) is 5.11 Å². The van der Waals surface area contributed by atoms with Crippen molar-refractivity contribution in [2.75, 3.05) is 32.0 Å². The number of rotatable bonds is 6. The van der Waals surface area contributed by atoms with Crippen molar-refractivity contribution >= 4 is 11.8 Å². The first-order chi connectivity index (χ1) is 7.65. The van der Waals surface area contributed by atoms with Crippen molar-refractivity contribution < 1.29 is 9.90 Å². The maximum Gasteiger partial charge on any atom is 0.339 e. The molecule has 0 spiro atoms. The highest BCUT2D eigenvalue weighted by Gasteiger charge is 2.10. The Morgan fingerprint density at radius 2 is 2.38 bits per heavy atom. The van der Waals surface area contributed by atoms with E-state index in [1.807, 2.05) is 7.05 Å². The predicted octanol–water partition coefficient (Wildman–Crippen LogP) is 0.538. The number of aromatic carboxylic acids is 1. The third kappa shape index (κ3) is 3.47. The van der Waals surface area contributed by atoms with Gasteiger partial charge in [-0.3, -0.25) is 0 Å². The molecule has 0 aliphatic rings. The van der Waals surface area contributed by atoms with E-state index >= 15 is 0 Å². The van der Waals surface area contributed by atoms with Crippen LogP contribution in [-0.2, 0) is 0 Å². The topological polar surface area (TPSA) is 78.3 Å². The molecule has 6 heteroatoms. The molecule has 88 valence electrons.